The van der Waals surface area contributed by atoms with Crippen LogP contribution in [0.4, 0.5) is 0 Å². The van der Waals surface area contributed by atoms with Gasteiger partial charge in [0.1, 0.15) is 0 Å². The van der Waals surface area contributed by atoms with Gasteiger partial charge in [0.2, 0.25) is 0 Å². The third-order valence-electron chi connectivity index (χ3n) is 4.06. The number of rotatable bonds is 2. The molecule has 1 spiro atoms. The standard InChI is InChI=1S/C13H26N2/c1-11(2)8-15-9-12(3)14-10-13(15)6-4-5-7-13/h11-12,14H,4-10H2,1-3H3. The van der Waals surface area contributed by atoms with Crippen molar-refractivity contribution >= 4 is 0 Å². The molecule has 15 heavy (non-hydrogen) atoms. The minimum Gasteiger partial charge on any atom is -0.311 e. The number of piperazine rings is 1. The van der Waals surface area contributed by atoms with E-state index in [-0.39, 0.29) is 0 Å². The fraction of sp³-hybridized carbons (Fsp3) is 1.00. The molecule has 1 aliphatic heterocycles. The van der Waals surface area contributed by atoms with Gasteiger partial charge in [-0.25, -0.2) is 0 Å². The zero-order valence-electron chi connectivity index (χ0n) is 10.6. The largest absolute Gasteiger partial charge is 0.311 e. The number of hydrogen-bond acceptors (Lipinski definition) is 2. The maximum Gasteiger partial charge on any atom is 0.0334 e. The third kappa shape index (κ3) is 2.36. The Morgan fingerprint density at radius 2 is 2.00 bits per heavy atom. The fourth-order valence-corrected chi connectivity index (χ4v) is 3.30. The van der Waals surface area contributed by atoms with Crippen molar-refractivity contribution in [1.82, 2.24) is 10.2 Å². The molecule has 0 aromatic heterocycles. The maximum absolute atomic E-state index is 3.68. The fourth-order valence-electron chi connectivity index (χ4n) is 3.30. The molecule has 2 heteroatoms. The van der Waals surface area contributed by atoms with E-state index in [4.69, 9.17) is 0 Å². The molecule has 2 rings (SSSR count). The molecule has 1 heterocycles. The number of nitrogens with one attached hydrogen (secondary N) is 1. The lowest BCUT2D eigenvalue weighted by molar-refractivity contribution is 0.0366. The molecule has 2 aliphatic rings. The lowest BCUT2D eigenvalue weighted by atomic mass is 9.90. The summed E-state index contributed by atoms with van der Waals surface area (Å²) in [6, 6.07) is 0.676. The minimum atomic E-state index is 0.525. The van der Waals surface area contributed by atoms with Gasteiger partial charge in [0, 0.05) is 31.2 Å². The molecular weight excluding hydrogens is 184 g/mol. The van der Waals surface area contributed by atoms with Gasteiger partial charge in [-0.3, -0.25) is 4.90 Å². The van der Waals surface area contributed by atoms with Gasteiger partial charge in [-0.15, -0.1) is 0 Å². The lowest BCUT2D eigenvalue weighted by Gasteiger charge is -2.48. The van der Waals surface area contributed by atoms with Crippen LogP contribution in [0.15, 0.2) is 0 Å². The summed E-state index contributed by atoms with van der Waals surface area (Å²) in [6.07, 6.45) is 5.70. The van der Waals surface area contributed by atoms with Crippen molar-refractivity contribution in [1.29, 1.82) is 0 Å². The molecule has 1 atom stereocenters. The maximum atomic E-state index is 3.68. The number of nitrogens with zero attached hydrogens (tertiary/aromatic N) is 1. The highest BCUT2D eigenvalue weighted by Gasteiger charge is 2.42. The van der Waals surface area contributed by atoms with Crippen molar-refractivity contribution in [3.05, 3.63) is 0 Å². The van der Waals surface area contributed by atoms with E-state index < -0.39 is 0 Å². The van der Waals surface area contributed by atoms with Crippen molar-refractivity contribution in [2.24, 2.45) is 5.92 Å². The Labute approximate surface area is 94.4 Å². The molecule has 1 saturated carbocycles. The van der Waals surface area contributed by atoms with Crippen LogP contribution in [0.3, 0.4) is 0 Å². The molecule has 1 aliphatic carbocycles. The van der Waals surface area contributed by atoms with Gasteiger partial charge < -0.3 is 5.32 Å². The van der Waals surface area contributed by atoms with Gasteiger partial charge in [-0.1, -0.05) is 26.7 Å². The van der Waals surface area contributed by atoms with Crippen LogP contribution in [0.25, 0.3) is 0 Å². The Kier molecular flexibility index (Phi) is 3.36. The van der Waals surface area contributed by atoms with Crippen LogP contribution in [-0.4, -0.2) is 36.1 Å². The highest BCUT2D eigenvalue weighted by Crippen LogP contribution is 2.37. The summed E-state index contributed by atoms with van der Waals surface area (Å²) in [5.41, 5.74) is 0.525. The van der Waals surface area contributed by atoms with E-state index in [1.807, 2.05) is 0 Å². The summed E-state index contributed by atoms with van der Waals surface area (Å²) in [4.78, 5) is 2.78. The van der Waals surface area contributed by atoms with E-state index >= 15 is 0 Å². The van der Waals surface area contributed by atoms with Crippen molar-refractivity contribution in [3.63, 3.8) is 0 Å². The molecule has 2 nitrogen and oxygen atoms in total. The molecule has 1 unspecified atom stereocenters. The normalized spacial score (nSPS) is 31.6. The second-order valence-corrected chi connectivity index (χ2v) is 6.01. The Bertz CT molecular complexity index is 205. The monoisotopic (exact) mass is 210 g/mol. The van der Waals surface area contributed by atoms with E-state index in [0.29, 0.717) is 11.6 Å². The van der Waals surface area contributed by atoms with Crippen molar-refractivity contribution in [2.45, 2.75) is 58.0 Å². The predicted octanol–water partition coefficient (Wildman–Crippen LogP) is 2.25. The molecule has 0 bridgehead atoms. The lowest BCUT2D eigenvalue weighted by Crippen LogP contribution is -2.63. The second-order valence-electron chi connectivity index (χ2n) is 6.01. The van der Waals surface area contributed by atoms with Crippen LogP contribution < -0.4 is 5.32 Å². The average molecular weight is 210 g/mol. The smallest absolute Gasteiger partial charge is 0.0334 e. The molecule has 0 amide bonds. The van der Waals surface area contributed by atoms with Gasteiger partial charge in [-0.05, 0) is 25.7 Å². The van der Waals surface area contributed by atoms with Gasteiger partial charge >= 0.3 is 0 Å². The molecule has 2 fully saturated rings. The number of hydrogen-bond donors (Lipinski definition) is 1. The van der Waals surface area contributed by atoms with Crippen LogP contribution in [0.1, 0.15) is 46.5 Å². The zero-order chi connectivity index (χ0) is 10.9. The van der Waals surface area contributed by atoms with E-state index in [2.05, 4.69) is 31.0 Å². The Hall–Kier alpha value is -0.0800. The molecular formula is C13H26N2. The average Bonchev–Trinajstić information content (AvgIpc) is 2.61. The SMILES string of the molecule is CC(C)CN1CC(C)NCC12CCCC2. The highest BCUT2D eigenvalue weighted by molar-refractivity contribution is 5.01. The first kappa shape index (κ1) is 11.4. The van der Waals surface area contributed by atoms with Crippen molar-refractivity contribution in [3.8, 4) is 0 Å². The summed E-state index contributed by atoms with van der Waals surface area (Å²) >= 11 is 0. The van der Waals surface area contributed by atoms with E-state index in [0.717, 1.165) is 5.92 Å². The van der Waals surface area contributed by atoms with Gasteiger partial charge in [-0.2, -0.15) is 0 Å². The summed E-state index contributed by atoms with van der Waals surface area (Å²) in [6.45, 7) is 10.8. The summed E-state index contributed by atoms with van der Waals surface area (Å²) in [5, 5.41) is 3.68. The summed E-state index contributed by atoms with van der Waals surface area (Å²) in [7, 11) is 0. The van der Waals surface area contributed by atoms with Gasteiger partial charge in [0.05, 0.1) is 0 Å². The molecule has 0 aromatic carbocycles. The zero-order valence-corrected chi connectivity index (χ0v) is 10.6. The van der Waals surface area contributed by atoms with E-state index in [1.165, 1.54) is 45.3 Å². The Morgan fingerprint density at radius 1 is 1.33 bits per heavy atom. The summed E-state index contributed by atoms with van der Waals surface area (Å²) < 4.78 is 0. The van der Waals surface area contributed by atoms with Crippen LogP contribution in [-0.2, 0) is 0 Å². The quantitative estimate of drug-likeness (QED) is 0.752. The van der Waals surface area contributed by atoms with E-state index in [1.54, 1.807) is 0 Å². The Morgan fingerprint density at radius 3 is 2.60 bits per heavy atom. The van der Waals surface area contributed by atoms with Crippen LogP contribution in [0.2, 0.25) is 0 Å². The van der Waals surface area contributed by atoms with Gasteiger partial charge in [0.15, 0.2) is 0 Å². The topological polar surface area (TPSA) is 15.3 Å². The van der Waals surface area contributed by atoms with Crippen molar-refractivity contribution < 1.29 is 0 Å². The first-order chi connectivity index (χ1) is 7.12. The summed E-state index contributed by atoms with van der Waals surface area (Å²) in [5.74, 6) is 0.799. The highest BCUT2D eigenvalue weighted by atomic mass is 15.3. The predicted molar refractivity (Wildman–Crippen MR) is 65.1 cm³/mol. The minimum absolute atomic E-state index is 0.525. The molecule has 1 saturated heterocycles. The van der Waals surface area contributed by atoms with Crippen LogP contribution in [0, 0.1) is 5.92 Å². The van der Waals surface area contributed by atoms with Gasteiger partial charge in [0.25, 0.3) is 0 Å². The Balaban J connectivity index is 2.06. The molecule has 88 valence electrons. The first-order valence-electron chi connectivity index (χ1n) is 6.61. The van der Waals surface area contributed by atoms with Crippen LogP contribution >= 0.6 is 0 Å². The molecule has 0 aromatic rings. The second kappa shape index (κ2) is 4.42. The van der Waals surface area contributed by atoms with E-state index in [9.17, 15) is 0 Å². The third-order valence-corrected chi connectivity index (χ3v) is 4.06. The van der Waals surface area contributed by atoms with Crippen molar-refractivity contribution in [2.75, 3.05) is 19.6 Å². The molecule has 1 N–H and O–H groups in total. The first-order valence-corrected chi connectivity index (χ1v) is 6.61. The molecule has 0 radical (unpaired) electrons. The van der Waals surface area contributed by atoms with Crippen LogP contribution in [0.5, 0.6) is 0 Å².